The quantitative estimate of drug-likeness (QED) is 0.648. The maximum absolute atomic E-state index is 13.6. The number of rotatable bonds is 5. The van der Waals surface area contributed by atoms with Crippen LogP contribution < -0.4 is 4.72 Å². The molecule has 0 aliphatic carbocycles. The third kappa shape index (κ3) is 3.49. The van der Waals surface area contributed by atoms with Gasteiger partial charge in [-0.05, 0) is 35.2 Å². The number of H-pyrrole nitrogens is 1. The molecule has 5 heteroatoms. The van der Waals surface area contributed by atoms with Gasteiger partial charge in [-0.2, -0.15) is 0 Å². The molecule has 0 saturated heterocycles. The Morgan fingerprint density at radius 1 is 1.00 bits per heavy atom. The van der Waals surface area contributed by atoms with Gasteiger partial charge in [-0.15, -0.1) is 0 Å². The van der Waals surface area contributed by atoms with E-state index < -0.39 is 11.6 Å². The van der Waals surface area contributed by atoms with Crippen molar-refractivity contribution in [2.75, 3.05) is 4.72 Å². The smallest absolute Gasteiger partial charge is 0.150 e. The molecule has 2 nitrogen and oxygen atoms in total. The second kappa shape index (κ2) is 6.66. The predicted octanol–water partition coefficient (Wildman–Crippen LogP) is 5.00. The highest BCUT2D eigenvalue weighted by molar-refractivity contribution is 8.00. The summed E-state index contributed by atoms with van der Waals surface area (Å²) >= 11 is 1.30. The third-order valence-corrected chi connectivity index (χ3v) is 4.15. The lowest BCUT2D eigenvalue weighted by Gasteiger charge is -2.07. The summed E-state index contributed by atoms with van der Waals surface area (Å²) in [4.78, 5) is 4.04. The average molecular weight is 316 g/mol. The molecule has 0 aliphatic heterocycles. The van der Waals surface area contributed by atoms with E-state index in [0.717, 1.165) is 22.9 Å². The van der Waals surface area contributed by atoms with Crippen molar-refractivity contribution in [3.8, 4) is 0 Å². The minimum atomic E-state index is -0.604. The normalized spacial score (nSPS) is 10.6. The van der Waals surface area contributed by atoms with Gasteiger partial charge < -0.3 is 9.71 Å². The highest BCUT2D eigenvalue weighted by Gasteiger charge is 2.08. The minimum Gasteiger partial charge on any atom is -0.366 e. The molecule has 1 heterocycles. The van der Waals surface area contributed by atoms with Crippen LogP contribution in [0.5, 0.6) is 0 Å². The minimum absolute atomic E-state index is 0.262. The van der Waals surface area contributed by atoms with E-state index in [1.54, 1.807) is 0 Å². The van der Waals surface area contributed by atoms with Crippen LogP contribution in [0.15, 0.2) is 65.8 Å². The van der Waals surface area contributed by atoms with Gasteiger partial charge in [0.2, 0.25) is 0 Å². The zero-order chi connectivity index (χ0) is 15.4. The van der Waals surface area contributed by atoms with Crippen molar-refractivity contribution < 1.29 is 8.78 Å². The number of hydrogen-bond acceptors (Lipinski definition) is 2. The van der Waals surface area contributed by atoms with Crippen LogP contribution in [0.4, 0.5) is 14.5 Å². The largest absolute Gasteiger partial charge is 0.366 e. The van der Waals surface area contributed by atoms with Gasteiger partial charge in [0.05, 0.1) is 5.69 Å². The van der Waals surface area contributed by atoms with Crippen LogP contribution in [0.25, 0.3) is 0 Å². The van der Waals surface area contributed by atoms with E-state index in [1.165, 1.54) is 29.6 Å². The summed E-state index contributed by atoms with van der Waals surface area (Å²) in [6, 6.07) is 13.6. The molecule has 2 aromatic carbocycles. The van der Waals surface area contributed by atoms with Gasteiger partial charge in [-0.3, -0.25) is 0 Å². The molecule has 112 valence electrons. The molecule has 0 spiro atoms. The van der Waals surface area contributed by atoms with Crippen molar-refractivity contribution in [3.05, 3.63) is 83.7 Å². The van der Waals surface area contributed by atoms with Gasteiger partial charge >= 0.3 is 0 Å². The fourth-order valence-electron chi connectivity index (χ4n) is 2.11. The van der Waals surface area contributed by atoms with Crippen LogP contribution in [-0.2, 0) is 6.42 Å². The lowest BCUT2D eigenvalue weighted by molar-refractivity contribution is 0.586. The first-order chi connectivity index (χ1) is 10.7. The van der Waals surface area contributed by atoms with Gasteiger partial charge in [0.25, 0.3) is 0 Å². The van der Waals surface area contributed by atoms with Crippen LogP contribution >= 0.6 is 11.9 Å². The molecule has 0 saturated carbocycles. The lowest BCUT2D eigenvalue weighted by Crippen LogP contribution is -1.93. The Morgan fingerprint density at radius 2 is 1.82 bits per heavy atom. The standard InChI is InChI=1S/C17H14F2N2S/c18-14-6-7-16(15(19)9-14)21-22-17-11-20-10-13(17)8-12-4-2-1-3-5-12/h1-7,9-11,20-21H,8H2. The summed E-state index contributed by atoms with van der Waals surface area (Å²) in [5.74, 6) is -1.19. The van der Waals surface area contributed by atoms with E-state index in [4.69, 9.17) is 0 Å². The molecule has 0 unspecified atom stereocenters. The molecule has 2 N–H and O–H groups in total. The number of anilines is 1. The molecule has 3 aromatic rings. The molecule has 0 radical (unpaired) electrons. The maximum atomic E-state index is 13.6. The van der Waals surface area contributed by atoms with E-state index in [1.807, 2.05) is 30.6 Å². The van der Waals surface area contributed by atoms with Gasteiger partial charge in [0, 0.05) is 29.8 Å². The zero-order valence-electron chi connectivity index (χ0n) is 11.6. The monoisotopic (exact) mass is 316 g/mol. The number of halogens is 2. The van der Waals surface area contributed by atoms with Crippen molar-refractivity contribution in [2.24, 2.45) is 0 Å². The molecular weight excluding hydrogens is 302 g/mol. The Bertz CT molecular complexity index is 756. The van der Waals surface area contributed by atoms with Gasteiger partial charge in [-0.1, -0.05) is 30.3 Å². The number of aromatic nitrogens is 1. The lowest BCUT2D eigenvalue weighted by atomic mass is 10.1. The molecule has 0 fully saturated rings. The van der Waals surface area contributed by atoms with Gasteiger partial charge in [-0.25, -0.2) is 8.78 Å². The number of nitrogens with one attached hydrogen (secondary N) is 2. The Morgan fingerprint density at radius 3 is 2.59 bits per heavy atom. The molecule has 0 bridgehead atoms. The Kier molecular flexibility index (Phi) is 4.44. The summed E-state index contributed by atoms with van der Waals surface area (Å²) in [5.41, 5.74) is 2.58. The van der Waals surface area contributed by atoms with Crippen molar-refractivity contribution in [2.45, 2.75) is 11.3 Å². The van der Waals surface area contributed by atoms with Crippen molar-refractivity contribution in [3.63, 3.8) is 0 Å². The van der Waals surface area contributed by atoms with E-state index in [0.29, 0.717) is 0 Å². The first-order valence-corrected chi connectivity index (χ1v) is 7.61. The van der Waals surface area contributed by atoms with E-state index in [-0.39, 0.29) is 5.69 Å². The number of hydrogen-bond donors (Lipinski definition) is 2. The van der Waals surface area contributed by atoms with Crippen LogP contribution in [-0.4, -0.2) is 4.98 Å². The highest BCUT2D eigenvalue weighted by Crippen LogP contribution is 2.27. The first-order valence-electron chi connectivity index (χ1n) is 6.80. The molecule has 1 aromatic heterocycles. The maximum Gasteiger partial charge on any atom is 0.150 e. The summed E-state index contributed by atoms with van der Waals surface area (Å²) < 4.78 is 29.4. The molecule has 0 atom stereocenters. The Labute approximate surface area is 131 Å². The van der Waals surface area contributed by atoms with Crippen LogP contribution in [0.3, 0.4) is 0 Å². The predicted molar refractivity (Wildman–Crippen MR) is 85.9 cm³/mol. The summed E-state index contributed by atoms with van der Waals surface area (Å²) in [6.07, 6.45) is 4.58. The number of benzene rings is 2. The fourth-order valence-corrected chi connectivity index (χ4v) is 2.89. The first kappa shape index (κ1) is 14.7. The van der Waals surface area contributed by atoms with Crippen molar-refractivity contribution >= 4 is 17.6 Å². The van der Waals surface area contributed by atoms with E-state index in [2.05, 4.69) is 21.8 Å². The third-order valence-electron chi connectivity index (χ3n) is 3.23. The molecule has 22 heavy (non-hydrogen) atoms. The highest BCUT2D eigenvalue weighted by atomic mass is 32.2. The van der Waals surface area contributed by atoms with Crippen molar-refractivity contribution in [1.29, 1.82) is 0 Å². The van der Waals surface area contributed by atoms with Crippen LogP contribution in [0.2, 0.25) is 0 Å². The molecular formula is C17H14F2N2S. The Hall–Kier alpha value is -2.27. The molecule has 0 amide bonds. The molecule has 0 aliphatic rings. The fraction of sp³-hybridized carbons (Fsp3) is 0.0588. The van der Waals surface area contributed by atoms with Crippen molar-refractivity contribution in [1.82, 2.24) is 4.98 Å². The van der Waals surface area contributed by atoms with Gasteiger partial charge in [0.1, 0.15) is 11.6 Å². The Balaban J connectivity index is 1.70. The average Bonchev–Trinajstić information content (AvgIpc) is 2.95. The second-order valence-electron chi connectivity index (χ2n) is 4.84. The van der Waals surface area contributed by atoms with E-state index in [9.17, 15) is 8.78 Å². The molecule has 3 rings (SSSR count). The van der Waals surface area contributed by atoms with Gasteiger partial charge in [0.15, 0.2) is 0 Å². The topological polar surface area (TPSA) is 27.8 Å². The summed E-state index contributed by atoms with van der Waals surface area (Å²) in [5, 5.41) is 0. The zero-order valence-corrected chi connectivity index (χ0v) is 12.5. The van der Waals surface area contributed by atoms with E-state index >= 15 is 0 Å². The SMILES string of the molecule is Fc1ccc(NSc2c[nH]cc2Cc2ccccc2)c(F)c1. The summed E-state index contributed by atoms with van der Waals surface area (Å²) in [7, 11) is 0. The summed E-state index contributed by atoms with van der Waals surface area (Å²) in [6.45, 7) is 0. The second-order valence-corrected chi connectivity index (χ2v) is 5.68. The van der Waals surface area contributed by atoms with Crippen LogP contribution in [0, 0.1) is 11.6 Å². The number of aromatic amines is 1. The van der Waals surface area contributed by atoms with Crippen LogP contribution in [0.1, 0.15) is 11.1 Å².